The van der Waals surface area contributed by atoms with Gasteiger partial charge in [0, 0.05) is 24.9 Å². The summed E-state index contributed by atoms with van der Waals surface area (Å²) in [6.45, 7) is 3.26. The Morgan fingerprint density at radius 2 is 2.42 bits per heavy atom. The van der Waals surface area contributed by atoms with Crippen LogP contribution < -0.4 is 16.4 Å². The third-order valence-corrected chi connectivity index (χ3v) is 3.18. The van der Waals surface area contributed by atoms with Gasteiger partial charge in [-0.1, -0.05) is 12.1 Å². The fourth-order valence-electron chi connectivity index (χ4n) is 2.09. The molecule has 1 aliphatic heterocycles. The first-order chi connectivity index (χ1) is 9.15. The summed E-state index contributed by atoms with van der Waals surface area (Å²) in [5.41, 5.74) is 7.56. The number of anilines is 1. The Labute approximate surface area is 113 Å². The number of carbonyl (C=O) groups is 1. The predicted octanol–water partition coefficient (Wildman–Crippen LogP) is 2.01. The summed E-state index contributed by atoms with van der Waals surface area (Å²) < 4.78 is 5.45. The Morgan fingerprint density at radius 1 is 1.58 bits per heavy atom. The quantitative estimate of drug-likeness (QED) is 0.777. The number of amides is 2. The van der Waals surface area contributed by atoms with E-state index in [2.05, 4.69) is 10.6 Å². The summed E-state index contributed by atoms with van der Waals surface area (Å²) in [4.78, 5) is 11.7. The minimum atomic E-state index is -0.211. The zero-order valence-corrected chi connectivity index (χ0v) is 11.2. The number of hydrogen-bond donors (Lipinski definition) is 3. The van der Waals surface area contributed by atoms with Crippen molar-refractivity contribution in [3.05, 3.63) is 29.8 Å². The highest BCUT2D eigenvalue weighted by Crippen LogP contribution is 2.15. The van der Waals surface area contributed by atoms with Gasteiger partial charge in [0.15, 0.2) is 0 Å². The Morgan fingerprint density at radius 3 is 3.11 bits per heavy atom. The average Bonchev–Trinajstić information content (AvgIpc) is 2.90. The Kier molecular flexibility index (Phi) is 4.76. The van der Waals surface area contributed by atoms with Gasteiger partial charge < -0.3 is 21.1 Å². The lowest BCUT2D eigenvalue weighted by Gasteiger charge is -2.13. The molecule has 1 fully saturated rings. The number of hydrogen-bond acceptors (Lipinski definition) is 3. The molecular formula is C14H21N3O2. The van der Waals surface area contributed by atoms with Crippen LogP contribution in [0.15, 0.2) is 24.3 Å². The largest absolute Gasteiger partial charge is 0.376 e. The van der Waals surface area contributed by atoms with Gasteiger partial charge >= 0.3 is 6.03 Å². The molecule has 0 saturated carbocycles. The van der Waals surface area contributed by atoms with E-state index in [9.17, 15) is 4.79 Å². The van der Waals surface area contributed by atoms with Crippen LogP contribution in [-0.2, 0) is 4.74 Å². The zero-order valence-electron chi connectivity index (χ0n) is 11.2. The van der Waals surface area contributed by atoms with Crippen LogP contribution in [0.4, 0.5) is 10.5 Å². The third-order valence-electron chi connectivity index (χ3n) is 3.18. The molecular weight excluding hydrogens is 242 g/mol. The van der Waals surface area contributed by atoms with E-state index in [1.807, 2.05) is 31.2 Å². The van der Waals surface area contributed by atoms with Crippen molar-refractivity contribution in [2.75, 3.05) is 18.5 Å². The highest BCUT2D eigenvalue weighted by atomic mass is 16.5. The highest BCUT2D eigenvalue weighted by molar-refractivity contribution is 5.89. The van der Waals surface area contributed by atoms with Crippen molar-refractivity contribution in [1.29, 1.82) is 0 Å². The monoisotopic (exact) mass is 263 g/mol. The van der Waals surface area contributed by atoms with Gasteiger partial charge in [-0.2, -0.15) is 0 Å². The lowest BCUT2D eigenvalue weighted by Crippen LogP contribution is -2.35. The Hall–Kier alpha value is -1.59. The van der Waals surface area contributed by atoms with E-state index in [4.69, 9.17) is 10.5 Å². The molecule has 19 heavy (non-hydrogen) atoms. The van der Waals surface area contributed by atoms with Crippen molar-refractivity contribution < 1.29 is 9.53 Å². The van der Waals surface area contributed by atoms with Crippen molar-refractivity contribution in [3.8, 4) is 0 Å². The van der Waals surface area contributed by atoms with Crippen LogP contribution in [0.2, 0.25) is 0 Å². The smallest absolute Gasteiger partial charge is 0.319 e. The molecule has 5 heteroatoms. The second-order valence-electron chi connectivity index (χ2n) is 4.88. The molecule has 1 heterocycles. The van der Waals surface area contributed by atoms with E-state index in [0.717, 1.165) is 30.7 Å². The van der Waals surface area contributed by atoms with Crippen molar-refractivity contribution in [2.24, 2.45) is 5.73 Å². The first kappa shape index (κ1) is 13.8. The maximum Gasteiger partial charge on any atom is 0.319 e. The van der Waals surface area contributed by atoms with Gasteiger partial charge in [-0.3, -0.25) is 0 Å². The van der Waals surface area contributed by atoms with Crippen molar-refractivity contribution in [2.45, 2.75) is 31.9 Å². The molecule has 1 aromatic carbocycles. The number of urea groups is 1. The molecule has 2 unspecified atom stereocenters. The minimum Gasteiger partial charge on any atom is -0.376 e. The topological polar surface area (TPSA) is 76.4 Å². The molecule has 104 valence electrons. The van der Waals surface area contributed by atoms with Crippen LogP contribution in [0, 0.1) is 0 Å². The van der Waals surface area contributed by atoms with Gasteiger partial charge in [0.25, 0.3) is 0 Å². The summed E-state index contributed by atoms with van der Waals surface area (Å²) in [5.74, 6) is 0. The number of carbonyl (C=O) groups excluding carboxylic acids is 1. The van der Waals surface area contributed by atoms with E-state index >= 15 is 0 Å². The number of benzene rings is 1. The summed E-state index contributed by atoms with van der Waals surface area (Å²) in [6.07, 6.45) is 2.24. The fraction of sp³-hybridized carbons (Fsp3) is 0.500. The van der Waals surface area contributed by atoms with Crippen LogP contribution in [-0.4, -0.2) is 25.3 Å². The zero-order chi connectivity index (χ0) is 13.7. The molecule has 0 aromatic heterocycles. The molecule has 5 nitrogen and oxygen atoms in total. The van der Waals surface area contributed by atoms with Crippen LogP contribution >= 0.6 is 0 Å². The lowest BCUT2D eigenvalue weighted by atomic mass is 10.1. The van der Waals surface area contributed by atoms with Crippen LogP contribution in [0.25, 0.3) is 0 Å². The number of nitrogens with two attached hydrogens (primary N) is 1. The Bertz CT molecular complexity index is 428. The second-order valence-corrected chi connectivity index (χ2v) is 4.88. The highest BCUT2D eigenvalue weighted by Gasteiger charge is 2.16. The molecule has 1 aliphatic rings. The van der Waals surface area contributed by atoms with E-state index in [0.29, 0.717) is 6.54 Å². The van der Waals surface area contributed by atoms with Gasteiger partial charge in [-0.25, -0.2) is 4.79 Å². The van der Waals surface area contributed by atoms with Gasteiger partial charge in [0.05, 0.1) is 6.10 Å². The number of nitrogens with one attached hydrogen (secondary N) is 2. The lowest BCUT2D eigenvalue weighted by molar-refractivity contribution is 0.112. The number of rotatable bonds is 4. The standard InChI is InChI=1S/C14H21N3O2/c1-10(15)11-4-2-5-12(8-11)17-14(18)16-9-13-6-3-7-19-13/h2,4-5,8,10,13H,3,6-7,9,15H2,1H3,(H2,16,17,18). The summed E-state index contributed by atoms with van der Waals surface area (Å²) in [5, 5.41) is 5.62. The molecule has 1 aromatic rings. The molecule has 0 aliphatic carbocycles. The first-order valence-corrected chi connectivity index (χ1v) is 6.67. The van der Waals surface area contributed by atoms with Crippen molar-refractivity contribution in [3.63, 3.8) is 0 Å². The van der Waals surface area contributed by atoms with Gasteiger partial charge in [-0.05, 0) is 37.5 Å². The van der Waals surface area contributed by atoms with Crippen LogP contribution in [0.5, 0.6) is 0 Å². The molecule has 0 bridgehead atoms. The average molecular weight is 263 g/mol. The molecule has 2 atom stereocenters. The molecule has 2 amide bonds. The van der Waals surface area contributed by atoms with Crippen LogP contribution in [0.1, 0.15) is 31.4 Å². The SMILES string of the molecule is CC(N)c1cccc(NC(=O)NCC2CCCO2)c1. The van der Waals surface area contributed by atoms with Crippen molar-refractivity contribution >= 4 is 11.7 Å². The summed E-state index contributed by atoms with van der Waals surface area (Å²) in [7, 11) is 0. The fourth-order valence-corrected chi connectivity index (χ4v) is 2.09. The predicted molar refractivity (Wildman–Crippen MR) is 75.0 cm³/mol. The van der Waals surface area contributed by atoms with E-state index in [1.54, 1.807) is 0 Å². The molecule has 4 N–H and O–H groups in total. The van der Waals surface area contributed by atoms with Gasteiger partial charge in [-0.15, -0.1) is 0 Å². The number of ether oxygens (including phenoxy) is 1. The summed E-state index contributed by atoms with van der Waals surface area (Å²) >= 11 is 0. The van der Waals surface area contributed by atoms with Gasteiger partial charge in [0.1, 0.15) is 0 Å². The van der Waals surface area contributed by atoms with E-state index in [-0.39, 0.29) is 18.2 Å². The second kappa shape index (κ2) is 6.54. The van der Waals surface area contributed by atoms with Gasteiger partial charge in [0.2, 0.25) is 0 Å². The third kappa shape index (κ3) is 4.22. The molecule has 0 radical (unpaired) electrons. The molecule has 1 saturated heterocycles. The molecule has 0 spiro atoms. The normalized spacial score (nSPS) is 20.0. The van der Waals surface area contributed by atoms with Crippen molar-refractivity contribution in [1.82, 2.24) is 5.32 Å². The maximum absolute atomic E-state index is 11.7. The minimum absolute atomic E-state index is 0.0447. The summed E-state index contributed by atoms with van der Waals surface area (Å²) in [6, 6.07) is 7.30. The van der Waals surface area contributed by atoms with Crippen LogP contribution in [0.3, 0.4) is 0 Å². The molecule has 2 rings (SSSR count). The Balaban J connectivity index is 1.82. The van der Waals surface area contributed by atoms with E-state index < -0.39 is 0 Å². The first-order valence-electron chi connectivity index (χ1n) is 6.67. The maximum atomic E-state index is 11.7. The van der Waals surface area contributed by atoms with E-state index in [1.165, 1.54) is 0 Å².